The van der Waals surface area contributed by atoms with Crippen molar-refractivity contribution in [2.24, 2.45) is 5.41 Å². The smallest absolute Gasteiger partial charge is 0.305 e. The van der Waals surface area contributed by atoms with E-state index >= 15 is 0 Å². The Kier molecular flexibility index (Phi) is 44.8. The molecule has 0 aromatic carbocycles. The highest BCUT2D eigenvalue weighted by molar-refractivity contribution is 5.70. The molecule has 60 heavy (non-hydrogen) atoms. The molecule has 0 fully saturated rings. The Hall–Kier alpha value is -1.34. The van der Waals surface area contributed by atoms with Gasteiger partial charge in [0.1, 0.15) is 25.2 Å². The van der Waals surface area contributed by atoms with Gasteiger partial charge in [0.05, 0.1) is 27.7 Å². The lowest BCUT2D eigenvalue weighted by Crippen LogP contribution is -3.00. The van der Waals surface area contributed by atoms with Crippen LogP contribution in [0.3, 0.4) is 0 Å². The lowest BCUT2D eigenvalue weighted by molar-refractivity contribution is -0.877. The minimum atomic E-state index is -0.816. The summed E-state index contributed by atoms with van der Waals surface area (Å²) in [6.07, 6.45) is 44.6. The van der Waals surface area contributed by atoms with Crippen LogP contribution >= 0.6 is 0 Å². The minimum absolute atomic E-state index is 0. The lowest BCUT2D eigenvalue weighted by Gasteiger charge is -2.38. The summed E-state index contributed by atoms with van der Waals surface area (Å²) in [5.74, 6) is -0.674. The number of hydrogen-bond donors (Lipinski definition) is 0. The van der Waals surface area contributed by atoms with Gasteiger partial charge in [-0.05, 0) is 19.3 Å². The molecule has 0 aromatic heterocycles. The molecule has 0 aliphatic heterocycles. The number of carbonyl (C=O) groups excluding carboxylic acids is 3. The molecule has 358 valence electrons. The lowest BCUT2D eigenvalue weighted by atomic mass is 9.89. The van der Waals surface area contributed by atoms with Crippen molar-refractivity contribution in [1.82, 2.24) is 0 Å². The predicted octanol–water partition coefficient (Wildman–Crippen LogP) is 12.2. The van der Waals surface area contributed by atoms with Crippen molar-refractivity contribution in [1.29, 1.82) is 0 Å². The van der Waals surface area contributed by atoms with E-state index in [0.29, 0.717) is 30.3 Å². The van der Waals surface area contributed by atoms with Crippen LogP contribution in [0, 0.1) is 5.41 Å². The van der Waals surface area contributed by atoms with Gasteiger partial charge in [0, 0.05) is 19.3 Å². The molecular formula is C52H102ClNO6. The van der Waals surface area contributed by atoms with Crippen LogP contribution in [0.2, 0.25) is 0 Å². The Balaban J connectivity index is 0. The molecule has 8 heteroatoms. The van der Waals surface area contributed by atoms with Crippen molar-refractivity contribution >= 4 is 17.9 Å². The number of quaternary nitrogens is 1. The minimum Gasteiger partial charge on any atom is -1.00 e. The number of esters is 3. The zero-order valence-corrected chi connectivity index (χ0v) is 41.7. The second-order valence-electron chi connectivity index (χ2n) is 19.5. The summed E-state index contributed by atoms with van der Waals surface area (Å²) >= 11 is 0. The van der Waals surface area contributed by atoms with Crippen LogP contribution in [0.25, 0.3) is 0 Å². The largest absolute Gasteiger partial charge is 1.00 e. The predicted molar refractivity (Wildman–Crippen MR) is 251 cm³/mol. The summed E-state index contributed by atoms with van der Waals surface area (Å²) in [4.78, 5) is 39.1. The van der Waals surface area contributed by atoms with Crippen molar-refractivity contribution < 1.29 is 45.5 Å². The number of unbranched alkanes of at least 4 members (excludes halogenated alkanes) is 32. The van der Waals surface area contributed by atoms with Gasteiger partial charge in [-0.15, -0.1) is 0 Å². The van der Waals surface area contributed by atoms with Crippen molar-refractivity contribution in [2.45, 2.75) is 265 Å². The first-order valence-corrected chi connectivity index (χ1v) is 25.8. The summed E-state index contributed by atoms with van der Waals surface area (Å²) in [6, 6.07) is 0. The van der Waals surface area contributed by atoms with Gasteiger partial charge in [-0.25, -0.2) is 0 Å². The number of halogens is 1. The van der Waals surface area contributed by atoms with Crippen molar-refractivity contribution in [2.75, 3.05) is 47.5 Å². The van der Waals surface area contributed by atoms with Crippen LogP contribution in [-0.2, 0) is 28.6 Å². The van der Waals surface area contributed by atoms with Gasteiger partial charge < -0.3 is 31.1 Å². The maximum absolute atomic E-state index is 13.0. The summed E-state index contributed by atoms with van der Waals surface area (Å²) in [7, 11) is 6.22. The topological polar surface area (TPSA) is 78.9 Å². The van der Waals surface area contributed by atoms with Gasteiger partial charge in [-0.3, -0.25) is 14.4 Å². The van der Waals surface area contributed by atoms with Crippen LogP contribution in [0.15, 0.2) is 0 Å². The molecule has 0 aliphatic carbocycles. The number of carbonyl (C=O) groups is 3. The van der Waals surface area contributed by atoms with Gasteiger partial charge in [-0.1, -0.05) is 226 Å². The molecule has 7 nitrogen and oxygen atoms in total. The molecule has 0 heterocycles. The van der Waals surface area contributed by atoms with E-state index in [0.717, 1.165) is 57.8 Å². The fraction of sp³-hybridized carbons (Fsp3) is 0.942. The Morgan fingerprint density at radius 2 is 0.517 bits per heavy atom. The zero-order valence-electron chi connectivity index (χ0n) is 41.0. The average Bonchev–Trinajstić information content (AvgIpc) is 3.20. The molecule has 0 aromatic rings. The highest BCUT2D eigenvalue weighted by Crippen LogP contribution is 2.25. The molecule has 0 aliphatic rings. The second kappa shape index (κ2) is 44.3. The van der Waals surface area contributed by atoms with E-state index in [1.807, 2.05) is 0 Å². The first-order valence-electron chi connectivity index (χ1n) is 25.8. The normalized spacial score (nSPS) is 11.7. The molecule has 0 radical (unpaired) electrons. The molecule has 0 unspecified atom stereocenters. The van der Waals surface area contributed by atoms with Gasteiger partial charge >= 0.3 is 17.9 Å². The van der Waals surface area contributed by atoms with Crippen LogP contribution in [-0.4, -0.2) is 69.9 Å². The molecule has 0 bridgehead atoms. The molecule has 0 saturated heterocycles. The fourth-order valence-electron chi connectivity index (χ4n) is 8.34. The van der Waals surface area contributed by atoms with Gasteiger partial charge in [-0.2, -0.15) is 0 Å². The molecule has 0 atom stereocenters. The molecular weight excluding hydrogens is 770 g/mol. The first-order chi connectivity index (χ1) is 28.6. The quantitative estimate of drug-likeness (QED) is 0.0262. The Morgan fingerprint density at radius 3 is 0.700 bits per heavy atom. The molecule has 0 amide bonds. The Bertz CT molecular complexity index is 907. The zero-order chi connectivity index (χ0) is 43.6. The second-order valence-corrected chi connectivity index (χ2v) is 19.5. The van der Waals surface area contributed by atoms with E-state index in [4.69, 9.17) is 14.2 Å². The molecule has 0 spiro atoms. The third-order valence-electron chi connectivity index (χ3n) is 11.9. The van der Waals surface area contributed by atoms with E-state index in [-0.39, 0.29) is 50.1 Å². The Morgan fingerprint density at radius 1 is 0.333 bits per heavy atom. The number of nitrogens with zero attached hydrogens (tertiary/aromatic N) is 1. The highest BCUT2D eigenvalue weighted by atomic mass is 35.5. The fourth-order valence-corrected chi connectivity index (χ4v) is 8.34. The molecule has 0 saturated carbocycles. The number of rotatable bonds is 46. The summed E-state index contributed by atoms with van der Waals surface area (Å²) in [6.45, 7) is 7.52. The summed E-state index contributed by atoms with van der Waals surface area (Å²) < 4.78 is 18.4. The maximum Gasteiger partial charge on any atom is 0.305 e. The third kappa shape index (κ3) is 43.3. The van der Waals surface area contributed by atoms with Crippen LogP contribution in [0.4, 0.5) is 0 Å². The van der Waals surface area contributed by atoms with Crippen LogP contribution < -0.4 is 12.4 Å². The van der Waals surface area contributed by atoms with Crippen LogP contribution in [0.5, 0.6) is 0 Å². The van der Waals surface area contributed by atoms with E-state index in [9.17, 15) is 14.4 Å². The van der Waals surface area contributed by atoms with E-state index < -0.39 is 5.41 Å². The molecule has 0 N–H and O–H groups in total. The van der Waals surface area contributed by atoms with Gasteiger partial charge in [0.15, 0.2) is 0 Å². The van der Waals surface area contributed by atoms with Gasteiger partial charge in [0.2, 0.25) is 0 Å². The third-order valence-corrected chi connectivity index (χ3v) is 11.9. The number of hydrogen-bond acceptors (Lipinski definition) is 6. The van der Waals surface area contributed by atoms with E-state index in [2.05, 4.69) is 41.9 Å². The maximum atomic E-state index is 13.0. The van der Waals surface area contributed by atoms with Crippen molar-refractivity contribution in [3.05, 3.63) is 0 Å². The Labute approximate surface area is 379 Å². The SMILES string of the molecule is CCCCCCCCCCCCCCCC(=O)OCC(COC(=O)CCCCCCCCCCC)(COC(=O)CCCCCCCCCCCCCCC)C[N+](C)(C)C.[Cl-]. The molecule has 0 rings (SSSR count). The van der Waals surface area contributed by atoms with Crippen LogP contribution in [0.1, 0.15) is 265 Å². The number of ether oxygens (including phenoxy) is 3. The van der Waals surface area contributed by atoms with E-state index in [1.165, 1.54) is 167 Å². The van der Waals surface area contributed by atoms with E-state index in [1.54, 1.807) is 0 Å². The summed E-state index contributed by atoms with van der Waals surface area (Å²) in [5.41, 5.74) is -0.816. The van der Waals surface area contributed by atoms with Crippen molar-refractivity contribution in [3.8, 4) is 0 Å². The summed E-state index contributed by atoms with van der Waals surface area (Å²) in [5, 5.41) is 0. The highest BCUT2D eigenvalue weighted by Gasteiger charge is 2.41. The van der Waals surface area contributed by atoms with Gasteiger partial charge in [0.25, 0.3) is 0 Å². The van der Waals surface area contributed by atoms with Crippen molar-refractivity contribution in [3.63, 3.8) is 0 Å². The first kappa shape index (κ1) is 60.7. The average molecular weight is 873 g/mol. The standard InChI is InChI=1S/C52H102NO6.ClH/c1-7-10-13-16-19-22-24-26-28-31-34-37-40-43-50(55)58-47-52(45-53(4,5)6,46-57-49(54)42-39-36-33-30-21-18-15-12-9-3)48-59-51(56)44-41-38-35-32-29-27-25-23-20-17-14-11-8-2;/h7-48H2,1-6H3;1H/q+1;/p-1. The monoisotopic (exact) mass is 872 g/mol.